The molecule has 0 radical (unpaired) electrons. The van der Waals surface area contributed by atoms with E-state index in [0.29, 0.717) is 38.8 Å². The summed E-state index contributed by atoms with van der Waals surface area (Å²) >= 11 is 0. The van der Waals surface area contributed by atoms with Crippen LogP contribution in [0.2, 0.25) is 0 Å². The van der Waals surface area contributed by atoms with Crippen LogP contribution in [0.3, 0.4) is 0 Å². The maximum atomic E-state index is 12.9. The molecule has 0 saturated carbocycles. The van der Waals surface area contributed by atoms with Gasteiger partial charge in [0.05, 0.1) is 6.26 Å². The van der Waals surface area contributed by atoms with Crippen LogP contribution in [-0.2, 0) is 14.4 Å². The van der Waals surface area contributed by atoms with E-state index < -0.39 is 30.0 Å². The zero-order chi connectivity index (χ0) is 19.6. The Kier molecular flexibility index (Phi) is 5.48. The van der Waals surface area contributed by atoms with Crippen molar-refractivity contribution in [2.45, 2.75) is 50.7 Å². The van der Waals surface area contributed by atoms with Crippen molar-refractivity contribution in [3.8, 4) is 0 Å². The molecule has 2 N–H and O–H groups in total. The van der Waals surface area contributed by atoms with Crippen LogP contribution in [0, 0.1) is 0 Å². The van der Waals surface area contributed by atoms with Crippen molar-refractivity contribution in [2.75, 3.05) is 13.1 Å². The standard InChI is InChI=1S/C18H23N3O6/c1-11(19-15(22)14-7-4-10-27-14)16(23)20-8-2-5-12(20)17(24)21-9-3-6-13(21)18(25)26/h4,7,10-13H,2-3,5-6,8-9H2,1H3,(H,19,22)(H,25,26)/t11-,12-,13-/m0/s1. The summed E-state index contributed by atoms with van der Waals surface area (Å²) in [6, 6.07) is 0.732. The van der Waals surface area contributed by atoms with Gasteiger partial charge in [-0.15, -0.1) is 0 Å². The second-order valence-corrected chi connectivity index (χ2v) is 6.89. The van der Waals surface area contributed by atoms with E-state index >= 15 is 0 Å². The van der Waals surface area contributed by atoms with E-state index in [1.807, 2.05) is 0 Å². The van der Waals surface area contributed by atoms with E-state index in [2.05, 4.69) is 5.32 Å². The fourth-order valence-corrected chi connectivity index (χ4v) is 3.75. The third kappa shape index (κ3) is 3.81. The number of aliphatic carboxylic acids is 1. The van der Waals surface area contributed by atoms with Crippen molar-refractivity contribution in [3.63, 3.8) is 0 Å². The van der Waals surface area contributed by atoms with Crippen LogP contribution in [0.25, 0.3) is 0 Å². The van der Waals surface area contributed by atoms with Crippen molar-refractivity contribution in [1.82, 2.24) is 15.1 Å². The summed E-state index contributed by atoms with van der Waals surface area (Å²) in [5.41, 5.74) is 0. The Labute approximate surface area is 156 Å². The minimum absolute atomic E-state index is 0.102. The molecular formula is C18H23N3O6. The number of carbonyl (C=O) groups excluding carboxylic acids is 3. The van der Waals surface area contributed by atoms with Gasteiger partial charge in [-0.1, -0.05) is 0 Å². The summed E-state index contributed by atoms with van der Waals surface area (Å²) in [5.74, 6) is -2.11. The number of nitrogens with zero attached hydrogens (tertiary/aromatic N) is 2. The molecule has 2 saturated heterocycles. The monoisotopic (exact) mass is 377 g/mol. The highest BCUT2D eigenvalue weighted by Crippen LogP contribution is 2.25. The van der Waals surface area contributed by atoms with E-state index in [4.69, 9.17) is 4.42 Å². The van der Waals surface area contributed by atoms with Gasteiger partial charge < -0.3 is 24.6 Å². The van der Waals surface area contributed by atoms with Crippen molar-refractivity contribution >= 4 is 23.7 Å². The third-order valence-electron chi connectivity index (χ3n) is 5.10. The number of nitrogens with one attached hydrogen (secondary N) is 1. The minimum atomic E-state index is -1.02. The molecule has 0 spiro atoms. The van der Waals surface area contributed by atoms with Crippen molar-refractivity contribution < 1.29 is 28.7 Å². The van der Waals surface area contributed by atoms with E-state index in [0.717, 1.165) is 0 Å². The zero-order valence-electron chi connectivity index (χ0n) is 15.1. The Balaban J connectivity index is 1.66. The SMILES string of the molecule is C[C@H](NC(=O)c1ccco1)C(=O)N1CCC[C@H]1C(=O)N1CCC[C@H]1C(=O)O. The molecule has 3 heterocycles. The molecule has 2 aliphatic rings. The van der Waals surface area contributed by atoms with Crippen molar-refractivity contribution in [1.29, 1.82) is 0 Å². The molecular weight excluding hydrogens is 354 g/mol. The third-order valence-corrected chi connectivity index (χ3v) is 5.10. The van der Waals surface area contributed by atoms with E-state index in [9.17, 15) is 24.3 Å². The number of hydrogen-bond acceptors (Lipinski definition) is 5. The number of hydrogen-bond donors (Lipinski definition) is 2. The lowest BCUT2D eigenvalue weighted by Gasteiger charge is -2.31. The van der Waals surface area contributed by atoms with Gasteiger partial charge in [0.1, 0.15) is 18.1 Å². The molecule has 3 rings (SSSR count). The summed E-state index contributed by atoms with van der Waals surface area (Å²) in [5, 5.41) is 11.9. The number of likely N-dealkylation sites (tertiary alicyclic amines) is 2. The summed E-state index contributed by atoms with van der Waals surface area (Å²) in [4.78, 5) is 51.9. The van der Waals surface area contributed by atoms with Gasteiger partial charge in [-0.05, 0) is 44.7 Å². The molecule has 0 unspecified atom stereocenters. The zero-order valence-corrected chi connectivity index (χ0v) is 15.1. The van der Waals surface area contributed by atoms with Gasteiger partial charge >= 0.3 is 5.97 Å². The molecule has 27 heavy (non-hydrogen) atoms. The normalized spacial score (nSPS) is 23.3. The van der Waals surface area contributed by atoms with Crippen LogP contribution in [0.15, 0.2) is 22.8 Å². The predicted molar refractivity (Wildman–Crippen MR) is 92.7 cm³/mol. The molecule has 3 atom stereocenters. The predicted octanol–water partition coefficient (Wildman–Crippen LogP) is 0.465. The number of amides is 3. The van der Waals surface area contributed by atoms with Gasteiger partial charge in [0.15, 0.2) is 5.76 Å². The van der Waals surface area contributed by atoms with Gasteiger partial charge in [0.25, 0.3) is 5.91 Å². The van der Waals surface area contributed by atoms with Crippen LogP contribution >= 0.6 is 0 Å². The van der Waals surface area contributed by atoms with Crippen LogP contribution in [0.4, 0.5) is 0 Å². The molecule has 9 heteroatoms. The number of rotatable bonds is 5. The first-order chi connectivity index (χ1) is 12.9. The largest absolute Gasteiger partial charge is 0.480 e. The van der Waals surface area contributed by atoms with Gasteiger partial charge in [0, 0.05) is 13.1 Å². The quantitative estimate of drug-likeness (QED) is 0.769. The second kappa shape index (κ2) is 7.81. The average molecular weight is 377 g/mol. The highest BCUT2D eigenvalue weighted by molar-refractivity contribution is 5.97. The Morgan fingerprint density at radius 3 is 2.44 bits per heavy atom. The smallest absolute Gasteiger partial charge is 0.326 e. The Morgan fingerprint density at radius 2 is 1.81 bits per heavy atom. The molecule has 1 aromatic rings. The first kappa shape index (κ1) is 18.9. The Morgan fingerprint density at radius 1 is 1.15 bits per heavy atom. The molecule has 0 bridgehead atoms. The first-order valence-corrected chi connectivity index (χ1v) is 9.08. The Bertz CT molecular complexity index is 731. The lowest BCUT2D eigenvalue weighted by Crippen LogP contribution is -2.54. The highest BCUT2D eigenvalue weighted by atomic mass is 16.4. The average Bonchev–Trinajstić information content (AvgIpc) is 3.41. The summed E-state index contributed by atoms with van der Waals surface area (Å²) < 4.78 is 5.01. The van der Waals surface area contributed by atoms with E-state index in [1.165, 1.54) is 22.1 Å². The maximum absolute atomic E-state index is 12.9. The summed E-state index contributed by atoms with van der Waals surface area (Å²) in [7, 11) is 0. The van der Waals surface area contributed by atoms with Gasteiger partial charge in [-0.3, -0.25) is 14.4 Å². The van der Waals surface area contributed by atoms with Gasteiger partial charge in [-0.2, -0.15) is 0 Å². The molecule has 2 aliphatic heterocycles. The highest BCUT2D eigenvalue weighted by Gasteiger charge is 2.42. The molecule has 2 fully saturated rings. The number of carboxylic acid groups (broad SMARTS) is 1. The topological polar surface area (TPSA) is 120 Å². The second-order valence-electron chi connectivity index (χ2n) is 6.89. The Hall–Kier alpha value is -2.84. The van der Waals surface area contributed by atoms with Crippen LogP contribution < -0.4 is 5.32 Å². The minimum Gasteiger partial charge on any atom is -0.480 e. The first-order valence-electron chi connectivity index (χ1n) is 9.08. The fraction of sp³-hybridized carbons (Fsp3) is 0.556. The molecule has 3 amide bonds. The number of carboxylic acids is 1. The lowest BCUT2D eigenvalue weighted by molar-refractivity contribution is -0.152. The maximum Gasteiger partial charge on any atom is 0.326 e. The van der Waals surface area contributed by atoms with Gasteiger partial charge in [0.2, 0.25) is 11.8 Å². The van der Waals surface area contributed by atoms with Gasteiger partial charge in [-0.25, -0.2) is 4.79 Å². The summed E-state index contributed by atoms with van der Waals surface area (Å²) in [6.07, 6.45) is 3.58. The van der Waals surface area contributed by atoms with Crippen LogP contribution in [0.5, 0.6) is 0 Å². The molecule has 0 aromatic carbocycles. The van der Waals surface area contributed by atoms with Crippen molar-refractivity contribution in [3.05, 3.63) is 24.2 Å². The van der Waals surface area contributed by atoms with Crippen LogP contribution in [-0.4, -0.2) is 69.8 Å². The van der Waals surface area contributed by atoms with E-state index in [-0.39, 0.29) is 17.6 Å². The van der Waals surface area contributed by atoms with Crippen LogP contribution in [0.1, 0.15) is 43.2 Å². The van der Waals surface area contributed by atoms with Crippen molar-refractivity contribution in [2.24, 2.45) is 0 Å². The van der Waals surface area contributed by atoms with E-state index in [1.54, 1.807) is 13.0 Å². The summed E-state index contributed by atoms with van der Waals surface area (Å²) in [6.45, 7) is 2.35. The number of carbonyl (C=O) groups is 4. The molecule has 0 aliphatic carbocycles. The molecule has 9 nitrogen and oxygen atoms in total. The lowest BCUT2D eigenvalue weighted by atomic mass is 10.1. The fourth-order valence-electron chi connectivity index (χ4n) is 3.75. The molecule has 146 valence electrons. The number of furan rings is 1. The molecule has 1 aromatic heterocycles.